The van der Waals surface area contributed by atoms with Gasteiger partial charge in [-0.3, -0.25) is 9.59 Å². The number of carbonyl (C=O) groups is 2. The van der Waals surface area contributed by atoms with E-state index >= 15 is 0 Å². The maximum atomic E-state index is 12.5. The average molecular weight is 1130 g/mol. The van der Waals surface area contributed by atoms with E-state index in [0.717, 1.165) is 44.9 Å². The standard InChI is InChI=1S/C74H143NO5/c1-3-5-7-9-11-13-15-17-19-20-21-30-33-36-39-42-46-50-54-58-62-66-72(77)71(70-76)75-73(78)67-63-59-55-51-47-43-40-37-34-31-28-26-24-22-23-25-27-29-32-35-38-41-45-49-53-57-61-65-69-80-74(79)68-64-60-56-52-48-44-18-16-14-12-10-8-6-4-2/h16,18,62,66,71-72,76-77H,3-15,17,19-61,63-65,67-70H2,1-2H3,(H,75,78)/b18-16-,66-62+. The van der Waals surface area contributed by atoms with Gasteiger partial charge in [-0.25, -0.2) is 0 Å². The monoisotopic (exact) mass is 1130 g/mol. The number of aliphatic hydroxyl groups is 2. The predicted octanol–water partition coefficient (Wildman–Crippen LogP) is 23.7. The van der Waals surface area contributed by atoms with Gasteiger partial charge < -0.3 is 20.3 Å². The van der Waals surface area contributed by atoms with Crippen LogP contribution < -0.4 is 5.32 Å². The van der Waals surface area contributed by atoms with Gasteiger partial charge in [-0.1, -0.05) is 366 Å². The molecule has 0 bridgehead atoms. The summed E-state index contributed by atoms with van der Waals surface area (Å²) in [6, 6.07) is -0.626. The zero-order chi connectivity index (χ0) is 57.8. The van der Waals surface area contributed by atoms with Crippen molar-refractivity contribution in [2.45, 2.75) is 424 Å². The Hall–Kier alpha value is -1.66. The van der Waals surface area contributed by atoms with Gasteiger partial charge in [-0.05, 0) is 57.8 Å². The third-order valence-corrected chi connectivity index (χ3v) is 17.2. The van der Waals surface area contributed by atoms with Crippen LogP contribution in [-0.4, -0.2) is 47.4 Å². The Balaban J connectivity index is 3.37. The fourth-order valence-corrected chi connectivity index (χ4v) is 11.6. The minimum Gasteiger partial charge on any atom is -0.466 e. The van der Waals surface area contributed by atoms with Gasteiger partial charge in [0.15, 0.2) is 0 Å². The van der Waals surface area contributed by atoms with Crippen LogP contribution in [0.15, 0.2) is 24.3 Å². The van der Waals surface area contributed by atoms with Crippen LogP contribution in [0.4, 0.5) is 0 Å². The molecule has 0 fully saturated rings. The number of hydrogen-bond acceptors (Lipinski definition) is 5. The minimum absolute atomic E-state index is 0.0107. The lowest BCUT2D eigenvalue weighted by Gasteiger charge is -2.20. The first-order valence-electron chi connectivity index (χ1n) is 36.6. The van der Waals surface area contributed by atoms with E-state index in [0.29, 0.717) is 19.4 Å². The molecule has 0 rings (SSSR count). The van der Waals surface area contributed by atoms with Crippen molar-refractivity contribution in [3.8, 4) is 0 Å². The van der Waals surface area contributed by atoms with Crippen molar-refractivity contribution >= 4 is 11.9 Å². The predicted molar refractivity (Wildman–Crippen MR) is 352 cm³/mol. The van der Waals surface area contributed by atoms with Gasteiger partial charge in [0.25, 0.3) is 0 Å². The van der Waals surface area contributed by atoms with Gasteiger partial charge >= 0.3 is 5.97 Å². The molecule has 0 aromatic carbocycles. The highest BCUT2D eigenvalue weighted by molar-refractivity contribution is 5.76. The molecule has 0 saturated carbocycles. The highest BCUT2D eigenvalue weighted by Gasteiger charge is 2.18. The molecule has 0 radical (unpaired) electrons. The summed E-state index contributed by atoms with van der Waals surface area (Å²) in [6.07, 6.45) is 88.4. The lowest BCUT2D eigenvalue weighted by molar-refractivity contribution is -0.143. The molecule has 0 aromatic heterocycles. The molecule has 0 saturated heterocycles. The summed E-state index contributed by atoms with van der Waals surface area (Å²) < 4.78 is 5.49. The fourth-order valence-electron chi connectivity index (χ4n) is 11.6. The zero-order valence-corrected chi connectivity index (χ0v) is 54.3. The third kappa shape index (κ3) is 65.5. The normalized spacial score (nSPS) is 12.6. The number of nitrogens with one attached hydrogen (secondary N) is 1. The smallest absolute Gasteiger partial charge is 0.305 e. The minimum atomic E-state index is -0.843. The highest BCUT2D eigenvalue weighted by Crippen LogP contribution is 2.19. The van der Waals surface area contributed by atoms with Crippen molar-refractivity contribution in [2.24, 2.45) is 0 Å². The van der Waals surface area contributed by atoms with E-state index in [1.807, 2.05) is 6.08 Å². The Morgan fingerprint density at radius 3 is 0.887 bits per heavy atom. The molecular formula is C74H143NO5. The highest BCUT2D eigenvalue weighted by atomic mass is 16.5. The lowest BCUT2D eigenvalue weighted by atomic mass is 10.0. The van der Waals surface area contributed by atoms with Crippen molar-refractivity contribution in [3.05, 3.63) is 24.3 Å². The second kappa shape index (κ2) is 69.8. The van der Waals surface area contributed by atoms with Crippen LogP contribution in [0.2, 0.25) is 0 Å². The van der Waals surface area contributed by atoms with E-state index in [2.05, 4.69) is 31.3 Å². The van der Waals surface area contributed by atoms with Crippen molar-refractivity contribution in [1.29, 1.82) is 0 Å². The number of carbonyl (C=O) groups excluding carboxylic acids is 2. The first-order chi connectivity index (χ1) is 39.5. The van der Waals surface area contributed by atoms with E-state index in [1.54, 1.807) is 6.08 Å². The molecule has 3 N–H and O–H groups in total. The molecule has 2 atom stereocenters. The zero-order valence-electron chi connectivity index (χ0n) is 54.3. The lowest BCUT2D eigenvalue weighted by Crippen LogP contribution is -2.45. The van der Waals surface area contributed by atoms with Crippen molar-refractivity contribution in [3.63, 3.8) is 0 Å². The molecule has 0 aromatic rings. The average Bonchev–Trinajstić information content (AvgIpc) is 3.46. The first-order valence-corrected chi connectivity index (χ1v) is 36.6. The third-order valence-electron chi connectivity index (χ3n) is 17.2. The molecule has 6 heteroatoms. The van der Waals surface area contributed by atoms with Gasteiger partial charge in [0.1, 0.15) is 0 Å². The molecule has 474 valence electrons. The molecular weight excluding hydrogens is 983 g/mol. The summed E-state index contributed by atoms with van der Waals surface area (Å²) >= 11 is 0. The van der Waals surface area contributed by atoms with Crippen molar-refractivity contribution < 1.29 is 24.5 Å². The summed E-state index contributed by atoms with van der Waals surface area (Å²) in [7, 11) is 0. The Labute approximate surface area is 501 Å². The number of esters is 1. The number of hydrogen-bond donors (Lipinski definition) is 3. The molecule has 80 heavy (non-hydrogen) atoms. The molecule has 0 aliphatic rings. The molecule has 0 aliphatic heterocycles. The van der Waals surface area contributed by atoms with Crippen molar-refractivity contribution in [1.82, 2.24) is 5.32 Å². The van der Waals surface area contributed by atoms with E-state index in [4.69, 9.17) is 4.74 Å². The van der Waals surface area contributed by atoms with Crippen LogP contribution in [0.5, 0.6) is 0 Å². The van der Waals surface area contributed by atoms with Crippen LogP contribution in [0.1, 0.15) is 412 Å². The number of allylic oxidation sites excluding steroid dienone is 3. The van der Waals surface area contributed by atoms with Crippen LogP contribution >= 0.6 is 0 Å². The summed E-state index contributed by atoms with van der Waals surface area (Å²) in [5, 5.41) is 23.3. The van der Waals surface area contributed by atoms with Crippen LogP contribution in [-0.2, 0) is 14.3 Å². The van der Waals surface area contributed by atoms with Gasteiger partial charge in [0, 0.05) is 12.8 Å². The largest absolute Gasteiger partial charge is 0.466 e. The van der Waals surface area contributed by atoms with Crippen LogP contribution in [0, 0.1) is 0 Å². The maximum Gasteiger partial charge on any atom is 0.305 e. The SMILES string of the molecule is CCCCCCC/C=C\CCCCCCCC(=O)OCCCCCCCCCCCCCCCCCCCCCCCCCCCCCCC(=O)NC(CO)C(O)/C=C/CCCCCCCCCCCCCCCCCCCCC. The molecule has 1 amide bonds. The fraction of sp³-hybridized carbons (Fsp3) is 0.919. The second-order valence-corrected chi connectivity index (χ2v) is 25.3. The quantitative estimate of drug-likeness (QED) is 0.0320. The Bertz CT molecular complexity index is 1250. The van der Waals surface area contributed by atoms with E-state index in [1.165, 1.54) is 340 Å². The topological polar surface area (TPSA) is 95.9 Å². The van der Waals surface area contributed by atoms with Crippen LogP contribution in [0.3, 0.4) is 0 Å². The number of ether oxygens (including phenoxy) is 1. The Kier molecular flexibility index (Phi) is 68.4. The van der Waals surface area contributed by atoms with Crippen LogP contribution in [0.25, 0.3) is 0 Å². The van der Waals surface area contributed by atoms with Crippen molar-refractivity contribution in [2.75, 3.05) is 13.2 Å². The maximum absolute atomic E-state index is 12.5. The molecule has 0 aliphatic carbocycles. The molecule has 6 nitrogen and oxygen atoms in total. The molecule has 0 heterocycles. The van der Waals surface area contributed by atoms with Gasteiger partial charge in [-0.2, -0.15) is 0 Å². The number of amides is 1. The van der Waals surface area contributed by atoms with Gasteiger partial charge in [-0.15, -0.1) is 0 Å². The summed E-state index contributed by atoms with van der Waals surface area (Å²) in [4.78, 5) is 24.6. The Morgan fingerprint density at radius 2 is 0.588 bits per heavy atom. The molecule has 2 unspecified atom stereocenters. The van der Waals surface area contributed by atoms with Gasteiger partial charge in [0.2, 0.25) is 5.91 Å². The summed E-state index contributed by atoms with van der Waals surface area (Å²) in [6.45, 7) is 4.94. The number of aliphatic hydroxyl groups excluding tert-OH is 2. The number of unbranched alkanes of at least 4 members (excludes halogenated alkanes) is 56. The van der Waals surface area contributed by atoms with E-state index in [-0.39, 0.29) is 18.5 Å². The summed E-state index contributed by atoms with van der Waals surface area (Å²) in [5.74, 6) is -0.0499. The summed E-state index contributed by atoms with van der Waals surface area (Å²) in [5.41, 5.74) is 0. The van der Waals surface area contributed by atoms with E-state index in [9.17, 15) is 19.8 Å². The first kappa shape index (κ1) is 78.3. The molecule has 0 spiro atoms. The Morgan fingerprint density at radius 1 is 0.338 bits per heavy atom. The number of rotatable bonds is 69. The second-order valence-electron chi connectivity index (χ2n) is 25.3. The van der Waals surface area contributed by atoms with E-state index < -0.39 is 12.1 Å². The van der Waals surface area contributed by atoms with Gasteiger partial charge in [0.05, 0.1) is 25.4 Å².